The van der Waals surface area contributed by atoms with Crippen LogP contribution in [0.5, 0.6) is 0 Å². The lowest BCUT2D eigenvalue weighted by Gasteiger charge is -2.19. The predicted molar refractivity (Wildman–Crippen MR) is 86.7 cm³/mol. The van der Waals surface area contributed by atoms with Gasteiger partial charge in [-0.1, -0.05) is 45.3 Å². The molecule has 0 fully saturated rings. The second-order valence-electron chi connectivity index (χ2n) is 5.02. The fourth-order valence-electron chi connectivity index (χ4n) is 2.18. The number of thiocarbonyl (C=S) groups is 1. The van der Waals surface area contributed by atoms with Gasteiger partial charge in [0, 0.05) is 17.3 Å². The molecule has 0 saturated heterocycles. The molecule has 0 radical (unpaired) electrons. The van der Waals surface area contributed by atoms with Crippen molar-refractivity contribution in [2.24, 2.45) is 5.73 Å². The number of nitrogens with zero attached hydrogens (tertiary/aromatic N) is 1. The van der Waals surface area contributed by atoms with Gasteiger partial charge in [0.05, 0.1) is 0 Å². The number of pyridine rings is 1. The zero-order valence-electron chi connectivity index (χ0n) is 12.2. The van der Waals surface area contributed by atoms with Gasteiger partial charge in [-0.25, -0.2) is 4.98 Å². The molecular weight excluding hydrogens is 254 g/mol. The molecule has 1 atom stereocenters. The quantitative estimate of drug-likeness (QED) is 0.711. The molecule has 0 aliphatic rings. The van der Waals surface area contributed by atoms with Gasteiger partial charge in [0.15, 0.2) is 0 Å². The number of anilines is 1. The highest BCUT2D eigenvalue weighted by molar-refractivity contribution is 7.80. The maximum absolute atomic E-state index is 5.70. The molecule has 0 aliphatic heterocycles. The largest absolute Gasteiger partial charge is 0.389 e. The lowest BCUT2D eigenvalue weighted by Crippen LogP contribution is -2.21. The molecular formula is C15H25N3S. The van der Waals surface area contributed by atoms with Crippen molar-refractivity contribution in [3.8, 4) is 0 Å². The first-order chi connectivity index (χ1) is 9.06. The van der Waals surface area contributed by atoms with Gasteiger partial charge < -0.3 is 11.1 Å². The average molecular weight is 279 g/mol. The summed E-state index contributed by atoms with van der Waals surface area (Å²) in [4.78, 5) is 4.95. The molecule has 19 heavy (non-hydrogen) atoms. The average Bonchev–Trinajstić information content (AvgIpc) is 2.35. The highest BCUT2D eigenvalue weighted by Crippen LogP contribution is 2.16. The summed E-state index contributed by atoms with van der Waals surface area (Å²) in [6.45, 7) is 6.40. The molecule has 0 amide bonds. The Kier molecular flexibility index (Phi) is 6.78. The van der Waals surface area contributed by atoms with Crippen LogP contribution in [0.1, 0.15) is 57.2 Å². The molecule has 0 spiro atoms. The number of aryl methyl sites for hydroxylation is 1. The number of aromatic nitrogens is 1. The maximum Gasteiger partial charge on any atom is 0.127 e. The van der Waals surface area contributed by atoms with Crippen molar-refractivity contribution in [2.75, 3.05) is 5.32 Å². The molecule has 3 N–H and O–H groups in total. The van der Waals surface area contributed by atoms with Crippen LogP contribution < -0.4 is 11.1 Å². The van der Waals surface area contributed by atoms with Crippen LogP contribution in [0.2, 0.25) is 0 Å². The minimum atomic E-state index is 0.425. The van der Waals surface area contributed by atoms with Crippen LogP contribution in [-0.4, -0.2) is 16.0 Å². The van der Waals surface area contributed by atoms with Crippen LogP contribution >= 0.6 is 12.2 Å². The fourth-order valence-corrected chi connectivity index (χ4v) is 2.30. The first kappa shape index (κ1) is 15.9. The second kappa shape index (κ2) is 8.10. The molecule has 1 aromatic heterocycles. The molecule has 1 heterocycles. The topological polar surface area (TPSA) is 50.9 Å². The molecule has 4 heteroatoms. The van der Waals surface area contributed by atoms with Gasteiger partial charge >= 0.3 is 0 Å². The van der Waals surface area contributed by atoms with Crippen molar-refractivity contribution in [2.45, 2.75) is 58.9 Å². The van der Waals surface area contributed by atoms with Crippen molar-refractivity contribution in [3.63, 3.8) is 0 Å². The second-order valence-corrected chi connectivity index (χ2v) is 5.46. The molecule has 106 valence electrons. The van der Waals surface area contributed by atoms with Gasteiger partial charge in [0.1, 0.15) is 10.8 Å². The Morgan fingerprint density at radius 1 is 1.32 bits per heavy atom. The first-order valence-electron chi connectivity index (χ1n) is 7.11. The molecule has 0 saturated carbocycles. The van der Waals surface area contributed by atoms with Crippen molar-refractivity contribution in [1.29, 1.82) is 0 Å². The van der Waals surface area contributed by atoms with Gasteiger partial charge in [0.25, 0.3) is 0 Å². The van der Waals surface area contributed by atoms with E-state index in [4.69, 9.17) is 18.0 Å². The number of rotatable bonds is 8. The number of nitrogens with two attached hydrogens (primary N) is 1. The van der Waals surface area contributed by atoms with Gasteiger partial charge in [-0.05, 0) is 31.9 Å². The minimum absolute atomic E-state index is 0.425. The van der Waals surface area contributed by atoms with E-state index < -0.39 is 0 Å². The molecule has 0 aromatic carbocycles. The SMILES string of the molecule is CCCCC(CCC)Nc1cc(C(N)=S)cc(C)n1. The van der Waals surface area contributed by atoms with Gasteiger partial charge in [0.2, 0.25) is 0 Å². The molecule has 0 bridgehead atoms. The number of nitrogens with one attached hydrogen (secondary N) is 1. The van der Waals surface area contributed by atoms with Crippen LogP contribution in [0.3, 0.4) is 0 Å². The van der Waals surface area contributed by atoms with Crippen LogP contribution in [-0.2, 0) is 0 Å². The Balaban J connectivity index is 2.79. The van der Waals surface area contributed by atoms with Gasteiger partial charge in [-0.15, -0.1) is 0 Å². The Morgan fingerprint density at radius 2 is 2.05 bits per heavy atom. The number of hydrogen-bond acceptors (Lipinski definition) is 3. The Labute approximate surface area is 122 Å². The lowest BCUT2D eigenvalue weighted by atomic mass is 10.1. The predicted octanol–water partition coefficient (Wildman–Crippen LogP) is 3.80. The number of hydrogen-bond donors (Lipinski definition) is 2. The highest BCUT2D eigenvalue weighted by Gasteiger charge is 2.09. The monoisotopic (exact) mass is 279 g/mol. The van der Waals surface area contributed by atoms with E-state index in [2.05, 4.69) is 24.1 Å². The lowest BCUT2D eigenvalue weighted by molar-refractivity contribution is 0.563. The van der Waals surface area contributed by atoms with E-state index in [9.17, 15) is 0 Å². The summed E-state index contributed by atoms with van der Waals surface area (Å²) < 4.78 is 0. The summed E-state index contributed by atoms with van der Waals surface area (Å²) in [6.07, 6.45) is 5.99. The van der Waals surface area contributed by atoms with E-state index in [-0.39, 0.29) is 0 Å². The third-order valence-electron chi connectivity index (χ3n) is 3.13. The van der Waals surface area contributed by atoms with Crippen LogP contribution in [0.25, 0.3) is 0 Å². The summed E-state index contributed by atoms with van der Waals surface area (Å²) in [6, 6.07) is 4.36. The zero-order chi connectivity index (χ0) is 14.3. The van der Waals surface area contributed by atoms with Crippen molar-refractivity contribution < 1.29 is 0 Å². The molecule has 1 aromatic rings. The van der Waals surface area contributed by atoms with Crippen molar-refractivity contribution in [1.82, 2.24) is 4.98 Å². The Bertz CT molecular complexity index is 418. The van der Waals surface area contributed by atoms with Gasteiger partial charge in [-0.2, -0.15) is 0 Å². The standard InChI is InChI=1S/C15H25N3S/c1-4-6-8-13(7-5-2)18-14-10-12(15(16)19)9-11(3)17-14/h9-10,13H,4-8H2,1-3H3,(H2,16,19)(H,17,18). The fraction of sp³-hybridized carbons (Fsp3) is 0.600. The third kappa shape index (κ3) is 5.55. The summed E-state index contributed by atoms with van der Waals surface area (Å²) in [5, 5.41) is 3.52. The Morgan fingerprint density at radius 3 is 2.63 bits per heavy atom. The summed E-state index contributed by atoms with van der Waals surface area (Å²) in [7, 11) is 0. The van der Waals surface area contributed by atoms with Crippen LogP contribution in [0.4, 0.5) is 5.82 Å². The third-order valence-corrected chi connectivity index (χ3v) is 3.37. The maximum atomic E-state index is 5.70. The van der Waals surface area contributed by atoms with Crippen molar-refractivity contribution >= 4 is 23.0 Å². The van der Waals surface area contributed by atoms with E-state index in [0.29, 0.717) is 11.0 Å². The summed E-state index contributed by atoms with van der Waals surface area (Å²) >= 11 is 5.04. The first-order valence-corrected chi connectivity index (χ1v) is 7.52. The zero-order valence-corrected chi connectivity index (χ0v) is 13.0. The molecule has 1 rings (SSSR count). The normalized spacial score (nSPS) is 12.2. The Hall–Kier alpha value is -1.16. The molecule has 3 nitrogen and oxygen atoms in total. The smallest absolute Gasteiger partial charge is 0.127 e. The summed E-state index contributed by atoms with van der Waals surface area (Å²) in [5.41, 5.74) is 7.53. The van der Waals surface area contributed by atoms with Crippen LogP contribution in [0, 0.1) is 6.92 Å². The van der Waals surface area contributed by atoms with E-state index in [1.54, 1.807) is 0 Å². The molecule has 0 aliphatic carbocycles. The highest BCUT2D eigenvalue weighted by atomic mass is 32.1. The van der Waals surface area contributed by atoms with Gasteiger partial charge in [-0.3, -0.25) is 0 Å². The summed E-state index contributed by atoms with van der Waals surface area (Å²) in [5.74, 6) is 0.886. The van der Waals surface area contributed by atoms with E-state index in [0.717, 1.165) is 23.5 Å². The molecule has 1 unspecified atom stereocenters. The van der Waals surface area contributed by atoms with E-state index in [1.807, 2.05) is 19.1 Å². The van der Waals surface area contributed by atoms with E-state index >= 15 is 0 Å². The van der Waals surface area contributed by atoms with E-state index in [1.165, 1.54) is 25.7 Å². The van der Waals surface area contributed by atoms with Crippen molar-refractivity contribution in [3.05, 3.63) is 23.4 Å². The van der Waals surface area contributed by atoms with Crippen LogP contribution in [0.15, 0.2) is 12.1 Å². The number of unbranched alkanes of at least 4 members (excludes halogenated alkanes) is 1. The minimum Gasteiger partial charge on any atom is -0.389 e.